The third-order valence-corrected chi connectivity index (χ3v) is 5.32. The predicted molar refractivity (Wildman–Crippen MR) is 88.7 cm³/mol. The zero-order chi connectivity index (χ0) is 14.6. The van der Waals surface area contributed by atoms with Gasteiger partial charge in [-0.25, -0.2) is 0 Å². The normalized spacial score (nSPS) is 12.4. The van der Waals surface area contributed by atoms with Crippen LogP contribution in [-0.4, -0.2) is 0 Å². The van der Waals surface area contributed by atoms with Gasteiger partial charge in [0.05, 0.1) is 0 Å². The van der Waals surface area contributed by atoms with Gasteiger partial charge in [0, 0.05) is 0 Å². The summed E-state index contributed by atoms with van der Waals surface area (Å²) in [4.78, 5) is 0. The van der Waals surface area contributed by atoms with Crippen molar-refractivity contribution in [2.45, 2.75) is 0 Å². The molecule has 108 valence electrons. The zero-order valence-electron chi connectivity index (χ0n) is 11.7. The van der Waals surface area contributed by atoms with Gasteiger partial charge in [-0.3, -0.25) is 0 Å². The molecule has 1 heteroatoms. The second kappa shape index (κ2) is 9.91. The van der Waals surface area contributed by atoms with Crippen LogP contribution in [0.25, 0.3) is 0 Å². The molecule has 1 aliphatic carbocycles. The van der Waals surface area contributed by atoms with E-state index in [9.17, 15) is 0 Å². The van der Waals surface area contributed by atoms with Crippen molar-refractivity contribution in [1.29, 1.82) is 0 Å². The molecule has 0 aliphatic heterocycles. The summed E-state index contributed by atoms with van der Waals surface area (Å²) in [5.74, 6) is 0. The van der Waals surface area contributed by atoms with Gasteiger partial charge in [0.1, 0.15) is 0 Å². The van der Waals surface area contributed by atoms with Gasteiger partial charge in [-0.2, -0.15) is 0 Å². The van der Waals surface area contributed by atoms with Crippen molar-refractivity contribution in [2.24, 2.45) is 0 Å². The van der Waals surface area contributed by atoms with Crippen LogP contribution in [-0.2, 0) is 18.6 Å². The Morgan fingerprint density at radius 2 is 0.667 bits per heavy atom. The van der Waals surface area contributed by atoms with Crippen LogP contribution in [0.3, 0.4) is 0 Å². The molecule has 0 unspecified atom stereocenters. The van der Waals surface area contributed by atoms with Crippen LogP contribution in [0, 0.1) is 0 Å². The molecule has 0 saturated carbocycles. The van der Waals surface area contributed by atoms with E-state index in [2.05, 4.69) is 60.7 Å². The first kappa shape index (κ1) is 15.5. The summed E-state index contributed by atoms with van der Waals surface area (Å²) in [6.07, 6.45) is 16.0. The van der Waals surface area contributed by atoms with Crippen molar-refractivity contribution in [3.05, 3.63) is 109 Å². The first-order valence-electron chi connectivity index (χ1n) is 6.80. The van der Waals surface area contributed by atoms with E-state index in [4.69, 9.17) is 0 Å². The maximum atomic E-state index is 2.21. The van der Waals surface area contributed by atoms with Crippen molar-refractivity contribution in [1.82, 2.24) is 0 Å². The third kappa shape index (κ3) is 6.88. The van der Waals surface area contributed by atoms with Gasteiger partial charge in [-0.15, -0.1) is 0 Å². The van der Waals surface area contributed by atoms with E-state index in [0.717, 1.165) is 0 Å². The molecule has 1 aliphatic rings. The molecule has 0 amide bonds. The van der Waals surface area contributed by atoms with Gasteiger partial charge in [0.2, 0.25) is 0 Å². The number of allylic oxidation sites excluding steroid dienone is 8. The summed E-state index contributed by atoms with van der Waals surface area (Å²) in [5.41, 5.74) is 0. The van der Waals surface area contributed by atoms with Gasteiger partial charge in [-0.05, 0) is 0 Å². The average molecular weight is 453 g/mol. The average Bonchev–Trinajstić information content (AvgIpc) is 2.49. The van der Waals surface area contributed by atoms with Crippen molar-refractivity contribution < 1.29 is 18.6 Å². The Morgan fingerprint density at radius 3 is 0.952 bits per heavy atom. The molecule has 0 bridgehead atoms. The second-order valence-corrected chi connectivity index (χ2v) is 7.33. The maximum absolute atomic E-state index is 2.21. The van der Waals surface area contributed by atoms with Crippen LogP contribution < -0.4 is 7.91 Å². The number of hydrogen-bond acceptors (Lipinski definition) is 0. The molecule has 0 N–H and O–H groups in total. The third-order valence-electron chi connectivity index (χ3n) is 2.50. The number of hydrogen-bond donors (Lipinski definition) is 0. The number of rotatable bonds is 2. The SMILES string of the molecule is C1=CC=CC=CC=C1.c1cc[c]([Pt][c]2ccccc2)cc1. The van der Waals surface area contributed by atoms with Crippen molar-refractivity contribution in [2.75, 3.05) is 0 Å². The van der Waals surface area contributed by atoms with Crippen LogP contribution in [0.1, 0.15) is 0 Å². The zero-order valence-corrected chi connectivity index (χ0v) is 14.0. The van der Waals surface area contributed by atoms with Crippen LogP contribution in [0.2, 0.25) is 0 Å². The van der Waals surface area contributed by atoms with Gasteiger partial charge >= 0.3 is 87.1 Å². The molecule has 0 aromatic heterocycles. The van der Waals surface area contributed by atoms with Crippen molar-refractivity contribution in [3.63, 3.8) is 0 Å². The number of benzene rings is 2. The summed E-state index contributed by atoms with van der Waals surface area (Å²) in [6.45, 7) is 0. The van der Waals surface area contributed by atoms with Crippen LogP contribution in [0.15, 0.2) is 109 Å². The van der Waals surface area contributed by atoms with Crippen molar-refractivity contribution in [3.8, 4) is 0 Å². The van der Waals surface area contributed by atoms with Gasteiger partial charge < -0.3 is 0 Å². The minimum atomic E-state index is 0.0186. The summed E-state index contributed by atoms with van der Waals surface area (Å²) in [6, 6.07) is 21.4. The minimum absolute atomic E-state index is 0.0186. The van der Waals surface area contributed by atoms with E-state index in [1.54, 1.807) is 0 Å². The monoisotopic (exact) mass is 453 g/mol. The Bertz CT molecular complexity index is 526. The fourth-order valence-corrected chi connectivity index (χ4v) is 3.92. The molecule has 0 spiro atoms. The molecular weight excluding hydrogens is 435 g/mol. The molecule has 2 aromatic carbocycles. The van der Waals surface area contributed by atoms with Crippen LogP contribution in [0.5, 0.6) is 0 Å². The van der Waals surface area contributed by atoms with E-state index in [0.29, 0.717) is 0 Å². The molecular formula is C20H18Pt. The fraction of sp³-hybridized carbons (Fsp3) is 0. The Morgan fingerprint density at radius 1 is 0.381 bits per heavy atom. The van der Waals surface area contributed by atoms with E-state index >= 15 is 0 Å². The fourth-order valence-electron chi connectivity index (χ4n) is 1.53. The standard InChI is InChI=1S/C8H8.2C6H5.Pt/c1-2-4-6-8-7-5-3-1;2*1-2-4-6-5-3-1;/h1-8H;2*1-5H;. The second-order valence-electron chi connectivity index (χ2n) is 4.14. The Balaban J connectivity index is 0.000000173. The summed E-state index contributed by atoms with van der Waals surface area (Å²) in [5, 5.41) is 0. The Hall–Kier alpha value is -1.91. The van der Waals surface area contributed by atoms with Crippen LogP contribution >= 0.6 is 0 Å². The quantitative estimate of drug-likeness (QED) is 0.646. The summed E-state index contributed by atoms with van der Waals surface area (Å²) >= 11 is 0.0186. The van der Waals surface area contributed by atoms with Crippen molar-refractivity contribution >= 4 is 7.91 Å². The molecule has 0 nitrogen and oxygen atoms in total. The van der Waals surface area contributed by atoms with Gasteiger partial charge in [-0.1, -0.05) is 48.6 Å². The van der Waals surface area contributed by atoms with Gasteiger partial charge in [0.25, 0.3) is 0 Å². The molecule has 0 atom stereocenters. The summed E-state index contributed by atoms with van der Waals surface area (Å²) < 4.78 is 2.96. The van der Waals surface area contributed by atoms with E-state index in [1.165, 1.54) is 7.91 Å². The first-order valence-corrected chi connectivity index (χ1v) is 9.08. The molecule has 2 aromatic rings. The first-order chi connectivity index (χ1) is 10.4. The van der Waals surface area contributed by atoms with Crippen LogP contribution in [0.4, 0.5) is 0 Å². The van der Waals surface area contributed by atoms with E-state index in [1.807, 2.05) is 48.6 Å². The van der Waals surface area contributed by atoms with E-state index < -0.39 is 0 Å². The summed E-state index contributed by atoms with van der Waals surface area (Å²) in [7, 11) is 0. The molecule has 3 rings (SSSR count). The molecule has 0 saturated heterocycles. The molecule has 0 fully saturated rings. The Labute approximate surface area is 135 Å². The molecule has 0 radical (unpaired) electrons. The Kier molecular flexibility index (Phi) is 7.30. The predicted octanol–water partition coefficient (Wildman–Crippen LogP) is 3.94. The molecule has 21 heavy (non-hydrogen) atoms. The van der Waals surface area contributed by atoms with E-state index in [-0.39, 0.29) is 18.6 Å². The van der Waals surface area contributed by atoms with Gasteiger partial charge in [0.15, 0.2) is 0 Å². The molecule has 0 heterocycles. The topological polar surface area (TPSA) is 0 Å².